The second-order valence-corrected chi connectivity index (χ2v) is 4.82. The minimum atomic E-state index is 0.177. The normalized spacial score (nSPS) is 10.1. The van der Waals surface area contributed by atoms with Crippen molar-refractivity contribution in [3.63, 3.8) is 0 Å². The van der Waals surface area contributed by atoms with Gasteiger partial charge in [-0.15, -0.1) is 5.73 Å². The summed E-state index contributed by atoms with van der Waals surface area (Å²) in [6, 6.07) is 0. The molecule has 0 N–H and O–H groups in total. The second-order valence-electron chi connectivity index (χ2n) is 4.82. The average Bonchev–Trinajstić information content (AvgIpc) is 2.20. The van der Waals surface area contributed by atoms with Crippen LogP contribution in [0.15, 0.2) is 17.4 Å². The monoisotopic (exact) mass is 222 g/mol. The molecule has 0 spiro atoms. The van der Waals surface area contributed by atoms with Crippen molar-refractivity contribution >= 4 is 5.78 Å². The molecule has 0 saturated carbocycles. The highest BCUT2D eigenvalue weighted by Gasteiger charge is 2.02. The standard InChI is InChI=1S/C15H26O/c1-5-6-7-8-11-15(14(4)16)12-9-10-13(2)3/h9,13H,5-8,10-11H2,1-4H3. The molecule has 0 aromatic carbocycles. The lowest BCUT2D eigenvalue weighted by atomic mass is 10.0. The zero-order valence-corrected chi connectivity index (χ0v) is 11.3. The molecule has 0 aromatic heterocycles. The van der Waals surface area contributed by atoms with Crippen molar-refractivity contribution in [2.24, 2.45) is 5.92 Å². The van der Waals surface area contributed by atoms with Crippen molar-refractivity contribution in [1.29, 1.82) is 0 Å². The molecule has 0 aliphatic heterocycles. The van der Waals surface area contributed by atoms with Gasteiger partial charge in [-0.05, 0) is 38.2 Å². The van der Waals surface area contributed by atoms with E-state index in [1.807, 2.05) is 6.08 Å². The van der Waals surface area contributed by atoms with Gasteiger partial charge in [-0.3, -0.25) is 4.79 Å². The molecule has 0 heterocycles. The van der Waals surface area contributed by atoms with E-state index >= 15 is 0 Å². The summed E-state index contributed by atoms with van der Waals surface area (Å²) in [5.41, 5.74) is 4.04. The van der Waals surface area contributed by atoms with Crippen molar-refractivity contribution in [2.45, 2.75) is 66.2 Å². The molecule has 0 aliphatic carbocycles. The van der Waals surface area contributed by atoms with Gasteiger partial charge in [0.15, 0.2) is 5.78 Å². The highest BCUT2D eigenvalue weighted by molar-refractivity contribution is 5.92. The first-order valence-electron chi connectivity index (χ1n) is 6.52. The number of carbonyl (C=O) groups is 1. The molecule has 0 bridgehead atoms. The summed E-state index contributed by atoms with van der Waals surface area (Å²) in [7, 11) is 0. The van der Waals surface area contributed by atoms with Crippen LogP contribution in [0.1, 0.15) is 66.2 Å². The van der Waals surface area contributed by atoms with Gasteiger partial charge in [0.1, 0.15) is 0 Å². The number of rotatable bonds is 8. The van der Waals surface area contributed by atoms with E-state index in [1.165, 1.54) is 19.3 Å². The number of hydrogen-bond donors (Lipinski definition) is 0. The topological polar surface area (TPSA) is 17.1 Å². The Bertz CT molecular complexity index is 255. The molecule has 1 heteroatoms. The summed E-state index contributed by atoms with van der Waals surface area (Å²) < 4.78 is 0. The summed E-state index contributed by atoms with van der Waals surface area (Å²) >= 11 is 0. The summed E-state index contributed by atoms with van der Waals surface area (Å²) in [6.07, 6.45) is 8.75. The van der Waals surface area contributed by atoms with Crippen LogP contribution in [0.5, 0.6) is 0 Å². The van der Waals surface area contributed by atoms with E-state index in [4.69, 9.17) is 0 Å². The predicted molar refractivity (Wildman–Crippen MR) is 70.5 cm³/mol. The van der Waals surface area contributed by atoms with Crippen LogP contribution in [0.25, 0.3) is 0 Å². The summed E-state index contributed by atoms with van der Waals surface area (Å²) in [6.45, 7) is 8.19. The predicted octanol–water partition coefficient (Wildman–Crippen LogP) is 4.67. The van der Waals surface area contributed by atoms with Crippen LogP contribution in [0.3, 0.4) is 0 Å². The van der Waals surface area contributed by atoms with Crippen LogP contribution in [0.4, 0.5) is 0 Å². The molecule has 16 heavy (non-hydrogen) atoms. The lowest BCUT2D eigenvalue weighted by Crippen LogP contribution is -1.95. The van der Waals surface area contributed by atoms with E-state index in [0.717, 1.165) is 24.8 Å². The van der Waals surface area contributed by atoms with Gasteiger partial charge in [0, 0.05) is 5.57 Å². The Labute approximate surface area is 101 Å². The molecular weight excluding hydrogens is 196 g/mol. The Morgan fingerprint density at radius 3 is 2.44 bits per heavy atom. The lowest BCUT2D eigenvalue weighted by molar-refractivity contribution is -0.113. The third-order valence-electron chi connectivity index (χ3n) is 2.57. The molecule has 0 atom stereocenters. The minimum absolute atomic E-state index is 0.177. The Kier molecular flexibility index (Phi) is 8.94. The fourth-order valence-corrected chi connectivity index (χ4v) is 1.50. The van der Waals surface area contributed by atoms with E-state index < -0.39 is 0 Å². The number of carbonyl (C=O) groups excluding carboxylic acids is 1. The molecule has 92 valence electrons. The lowest BCUT2D eigenvalue weighted by Gasteiger charge is -2.00. The van der Waals surface area contributed by atoms with E-state index in [0.29, 0.717) is 5.92 Å². The Balaban J connectivity index is 4.16. The van der Waals surface area contributed by atoms with Crippen LogP contribution in [0, 0.1) is 5.92 Å². The number of ketones is 1. The Morgan fingerprint density at radius 2 is 1.94 bits per heavy atom. The van der Waals surface area contributed by atoms with Gasteiger partial charge in [0.05, 0.1) is 0 Å². The molecule has 1 nitrogen and oxygen atoms in total. The molecule has 0 saturated heterocycles. The van der Waals surface area contributed by atoms with Crippen molar-refractivity contribution in [3.05, 3.63) is 17.4 Å². The quantitative estimate of drug-likeness (QED) is 0.331. The van der Waals surface area contributed by atoms with Crippen LogP contribution in [-0.4, -0.2) is 5.78 Å². The SMILES string of the molecule is CCCCCCC(=C=CCC(C)C)C(C)=O. The molecule has 0 unspecified atom stereocenters. The third kappa shape index (κ3) is 8.49. The summed E-state index contributed by atoms with van der Waals surface area (Å²) in [4.78, 5) is 11.4. The number of hydrogen-bond acceptors (Lipinski definition) is 1. The first-order chi connectivity index (χ1) is 7.57. The minimum Gasteiger partial charge on any atom is -0.294 e. The zero-order valence-electron chi connectivity index (χ0n) is 11.3. The highest BCUT2D eigenvalue weighted by Crippen LogP contribution is 2.10. The fraction of sp³-hybridized carbons (Fsp3) is 0.733. The Hall–Kier alpha value is -0.810. The van der Waals surface area contributed by atoms with Gasteiger partial charge in [-0.25, -0.2) is 0 Å². The maximum absolute atomic E-state index is 11.4. The smallest absolute Gasteiger partial charge is 0.163 e. The van der Waals surface area contributed by atoms with Gasteiger partial charge in [-0.1, -0.05) is 40.0 Å². The van der Waals surface area contributed by atoms with E-state index in [1.54, 1.807) is 6.92 Å². The molecule has 0 aromatic rings. The third-order valence-corrected chi connectivity index (χ3v) is 2.57. The first kappa shape index (κ1) is 15.2. The number of allylic oxidation sites excluding steroid dienone is 1. The zero-order chi connectivity index (χ0) is 12.4. The molecule has 0 radical (unpaired) electrons. The number of Topliss-reactive ketones (excluding diaryl/α,β-unsaturated/α-hetero) is 1. The van der Waals surface area contributed by atoms with E-state index in [9.17, 15) is 4.79 Å². The summed E-state index contributed by atoms with van der Waals surface area (Å²) in [5.74, 6) is 0.817. The van der Waals surface area contributed by atoms with E-state index in [-0.39, 0.29) is 5.78 Å². The average molecular weight is 222 g/mol. The molecule has 0 rings (SSSR count). The van der Waals surface area contributed by atoms with Gasteiger partial charge >= 0.3 is 0 Å². The van der Waals surface area contributed by atoms with Crippen LogP contribution in [0.2, 0.25) is 0 Å². The van der Waals surface area contributed by atoms with Crippen molar-refractivity contribution < 1.29 is 4.79 Å². The van der Waals surface area contributed by atoms with Gasteiger partial charge < -0.3 is 0 Å². The largest absolute Gasteiger partial charge is 0.294 e. The highest BCUT2D eigenvalue weighted by atomic mass is 16.1. The maximum Gasteiger partial charge on any atom is 0.163 e. The van der Waals surface area contributed by atoms with E-state index in [2.05, 4.69) is 26.5 Å². The Morgan fingerprint density at radius 1 is 1.25 bits per heavy atom. The van der Waals surface area contributed by atoms with Crippen LogP contribution < -0.4 is 0 Å². The first-order valence-corrected chi connectivity index (χ1v) is 6.52. The second kappa shape index (κ2) is 9.42. The molecule has 0 aliphatic rings. The van der Waals surface area contributed by atoms with Crippen molar-refractivity contribution in [1.82, 2.24) is 0 Å². The fourth-order valence-electron chi connectivity index (χ4n) is 1.50. The molecule has 0 amide bonds. The van der Waals surface area contributed by atoms with Crippen LogP contribution >= 0.6 is 0 Å². The van der Waals surface area contributed by atoms with Gasteiger partial charge in [0.2, 0.25) is 0 Å². The maximum atomic E-state index is 11.4. The van der Waals surface area contributed by atoms with Crippen molar-refractivity contribution in [2.75, 3.05) is 0 Å². The summed E-state index contributed by atoms with van der Waals surface area (Å²) in [5, 5.41) is 0. The van der Waals surface area contributed by atoms with Crippen molar-refractivity contribution in [3.8, 4) is 0 Å². The number of unbranched alkanes of at least 4 members (excludes halogenated alkanes) is 3. The molecule has 0 fully saturated rings. The molecular formula is C15H26O. The van der Waals surface area contributed by atoms with Crippen LogP contribution in [-0.2, 0) is 4.79 Å². The van der Waals surface area contributed by atoms with Gasteiger partial charge in [0.25, 0.3) is 0 Å². The van der Waals surface area contributed by atoms with Gasteiger partial charge in [-0.2, -0.15) is 0 Å².